The van der Waals surface area contributed by atoms with Crippen LogP contribution in [0.1, 0.15) is 46.0 Å². The second-order valence-electron chi connectivity index (χ2n) is 8.47. The molecule has 27 heavy (non-hydrogen) atoms. The van der Waals surface area contributed by atoms with E-state index in [0.717, 1.165) is 77.4 Å². The smallest absolute Gasteiger partial charge is 0.248 e. The van der Waals surface area contributed by atoms with Gasteiger partial charge in [0.15, 0.2) is 0 Å². The number of carbonyl (C=O) groups is 2. The summed E-state index contributed by atoms with van der Waals surface area (Å²) in [4.78, 5) is 31.2. The van der Waals surface area contributed by atoms with E-state index in [2.05, 4.69) is 16.7 Å². The number of ether oxygens (including phenoxy) is 1. The van der Waals surface area contributed by atoms with Crippen molar-refractivity contribution in [2.75, 3.05) is 59.0 Å². The molecule has 0 radical (unpaired) electrons. The van der Waals surface area contributed by atoms with E-state index in [1.807, 2.05) is 11.8 Å². The molecule has 3 rings (SSSR count). The minimum atomic E-state index is 0.133. The van der Waals surface area contributed by atoms with Gasteiger partial charge in [0.25, 0.3) is 0 Å². The van der Waals surface area contributed by atoms with Gasteiger partial charge in [0.2, 0.25) is 11.8 Å². The lowest BCUT2D eigenvalue weighted by atomic mass is 9.78. The van der Waals surface area contributed by atoms with Crippen LogP contribution in [0.25, 0.3) is 0 Å². The van der Waals surface area contributed by atoms with Gasteiger partial charge in [-0.1, -0.05) is 6.92 Å². The molecule has 6 nitrogen and oxygen atoms in total. The van der Waals surface area contributed by atoms with Crippen LogP contribution in [0, 0.1) is 17.8 Å². The Morgan fingerprint density at radius 2 is 1.44 bits per heavy atom. The maximum absolute atomic E-state index is 12.7. The predicted octanol–water partition coefficient (Wildman–Crippen LogP) is 1.84. The topological polar surface area (TPSA) is 53.1 Å². The fourth-order valence-electron chi connectivity index (χ4n) is 4.98. The highest BCUT2D eigenvalue weighted by Crippen LogP contribution is 2.33. The van der Waals surface area contributed by atoms with Crippen LogP contribution >= 0.6 is 0 Å². The van der Waals surface area contributed by atoms with Crippen LogP contribution < -0.4 is 0 Å². The molecule has 0 unspecified atom stereocenters. The van der Waals surface area contributed by atoms with Crippen LogP contribution in [0.5, 0.6) is 0 Å². The molecule has 2 amide bonds. The van der Waals surface area contributed by atoms with E-state index in [-0.39, 0.29) is 18.4 Å². The van der Waals surface area contributed by atoms with Crippen LogP contribution in [-0.2, 0) is 14.3 Å². The summed E-state index contributed by atoms with van der Waals surface area (Å²) in [5, 5.41) is 0. The lowest BCUT2D eigenvalue weighted by molar-refractivity contribution is -0.143. The third-order valence-corrected chi connectivity index (χ3v) is 6.69. The number of nitrogens with zero attached hydrogens (tertiary/aromatic N) is 3. The Labute approximate surface area is 164 Å². The molecule has 0 aliphatic carbocycles. The van der Waals surface area contributed by atoms with Gasteiger partial charge in [0.1, 0.15) is 6.61 Å². The van der Waals surface area contributed by atoms with Gasteiger partial charge in [-0.3, -0.25) is 9.59 Å². The molecular formula is C21H37N3O3. The van der Waals surface area contributed by atoms with Crippen molar-refractivity contribution in [1.29, 1.82) is 0 Å². The van der Waals surface area contributed by atoms with Crippen molar-refractivity contribution in [3.05, 3.63) is 0 Å². The zero-order valence-electron chi connectivity index (χ0n) is 17.2. The molecule has 0 saturated carbocycles. The van der Waals surface area contributed by atoms with Crippen molar-refractivity contribution in [3.63, 3.8) is 0 Å². The summed E-state index contributed by atoms with van der Waals surface area (Å²) >= 11 is 0. The molecule has 3 aliphatic heterocycles. The van der Waals surface area contributed by atoms with Gasteiger partial charge in [-0.05, 0) is 57.4 Å². The van der Waals surface area contributed by atoms with Crippen molar-refractivity contribution < 1.29 is 14.3 Å². The second-order valence-corrected chi connectivity index (χ2v) is 8.47. The molecule has 0 aromatic carbocycles. The maximum atomic E-state index is 12.7. The summed E-state index contributed by atoms with van der Waals surface area (Å²) in [6, 6.07) is 0. The van der Waals surface area contributed by atoms with E-state index in [9.17, 15) is 9.59 Å². The first-order valence-electron chi connectivity index (χ1n) is 11.0. The summed E-state index contributed by atoms with van der Waals surface area (Å²) in [5.41, 5.74) is 0. The number of carbonyl (C=O) groups excluding carboxylic acids is 2. The van der Waals surface area contributed by atoms with E-state index in [0.29, 0.717) is 18.4 Å². The average molecular weight is 380 g/mol. The van der Waals surface area contributed by atoms with Gasteiger partial charge in [0.05, 0.1) is 5.92 Å². The largest absolute Gasteiger partial charge is 0.372 e. The van der Waals surface area contributed by atoms with Crippen molar-refractivity contribution >= 4 is 11.8 Å². The molecular weight excluding hydrogens is 342 g/mol. The van der Waals surface area contributed by atoms with Gasteiger partial charge < -0.3 is 19.4 Å². The number of rotatable bonds is 7. The zero-order valence-corrected chi connectivity index (χ0v) is 17.2. The molecule has 0 aromatic heterocycles. The van der Waals surface area contributed by atoms with Gasteiger partial charge in [-0.25, -0.2) is 0 Å². The van der Waals surface area contributed by atoms with Gasteiger partial charge in [0, 0.05) is 45.9 Å². The average Bonchev–Trinajstić information content (AvgIpc) is 2.68. The molecule has 0 atom stereocenters. The zero-order chi connectivity index (χ0) is 19.2. The molecule has 0 aromatic rings. The van der Waals surface area contributed by atoms with Gasteiger partial charge >= 0.3 is 0 Å². The molecule has 0 N–H and O–H groups in total. The Balaban J connectivity index is 1.35. The lowest BCUT2D eigenvalue weighted by Gasteiger charge is -2.44. The fraction of sp³-hybridized carbons (Fsp3) is 0.905. The quantitative estimate of drug-likeness (QED) is 0.677. The van der Waals surface area contributed by atoms with Crippen LogP contribution in [0.3, 0.4) is 0 Å². The summed E-state index contributed by atoms with van der Waals surface area (Å²) in [5.74, 6) is 2.19. The highest BCUT2D eigenvalue weighted by atomic mass is 16.5. The third-order valence-electron chi connectivity index (χ3n) is 6.69. The molecule has 0 bridgehead atoms. The molecule has 3 heterocycles. The Bertz CT molecular complexity index is 491. The summed E-state index contributed by atoms with van der Waals surface area (Å²) in [6.07, 6.45) is 5.64. The van der Waals surface area contributed by atoms with E-state index in [1.54, 1.807) is 0 Å². The highest BCUT2D eigenvalue weighted by molar-refractivity contribution is 5.80. The third kappa shape index (κ3) is 5.23. The van der Waals surface area contributed by atoms with E-state index in [4.69, 9.17) is 4.74 Å². The lowest BCUT2D eigenvalue weighted by Crippen LogP contribution is -2.55. The summed E-state index contributed by atoms with van der Waals surface area (Å²) in [6.45, 7) is 11.6. The van der Waals surface area contributed by atoms with Crippen molar-refractivity contribution in [1.82, 2.24) is 14.7 Å². The normalized spacial score (nSPS) is 23.5. The first-order valence-corrected chi connectivity index (χ1v) is 11.0. The van der Waals surface area contributed by atoms with Crippen LogP contribution in [0.15, 0.2) is 0 Å². The van der Waals surface area contributed by atoms with E-state index < -0.39 is 0 Å². The summed E-state index contributed by atoms with van der Waals surface area (Å²) < 4.78 is 5.25. The second kappa shape index (κ2) is 9.87. The molecule has 0 spiro atoms. The SMILES string of the molecule is CCCN1CC(C(=O)N2CCC(C3CCN(C(=O)COCC)CC3)CC2)C1. The van der Waals surface area contributed by atoms with Crippen LogP contribution in [-0.4, -0.2) is 85.5 Å². The monoisotopic (exact) mass is 379 g/mol. The Hall–Kier alpha value is -1.14. The number of likely N-dealkylation sites (tertiary alicyclic amines) is 3. The maximum Gasteiger partial charge on any atom is 0.248 e. The first kappa shape index (κ1) is 20.6. The molecule has 3 aliphatic rings. The Kier molecular flexibility index (Phi) is 7.53. The standard InChI is InChI=1S/C21H37N3O3/c1-3-9-22-14-19(15-22)21(26)24-12-7-18(8-13-24)17-5-10-23(11-6-17)20(25)16-27-4-2/h17-19H,3-16H2,1-2H3. The number of hydrogen-bond donors (Lipinski definition) is 0. The highest BCUT2D eigenvalue weighted by Gasteiger charge is 2.37. The minimum absolute atomic E-state index is 0.133. The Morgan fingerprint density at radius 3 is 1.96 bits per heavy atom. The van der Waals surface area contributed by atoms with Crippen molar-refractivity contribution in [2.45, 2.75) is 46.0 Å². The number of hydrogen-bond acceptors (Lipinski definition) is 4. The first-order chi connectivity index (χ1) is 13.1. The van der Waals surface area contributed by atoms with E-state index in [1.165, 1.54) is 6.42 Å². The van der Waals surface area contributed by atoms with Crippen LogP contribution in [0.2, 0.25) is 0 Å². The minimum Gasteiger partial charge on any atom is -0.372 e. The number of piperidine rings is 2. The predicted molar refractivity (Wildman–Crippen MR) is 105 cm³/mol. The Morgan fingerprint density at radius 1 is 0.889 bits per heavy atom. The van der Waals surface area contributed by atoms with Crippen molar-refractivity contribution in [3.8, 4) is 0 Å². The van der Waals surface area contributed by atoms with Crippen LogP contribution in [0.4, 0.5) is 0 Å². The summed E-state index contributed by atoms with van der Waals surface area (Å²) in [7, 11) is 0. The molecule has 3 fully saturated rings. The molecule has 6 heteroatoms. The van der Waals surface area contributed by atoms with Gasteiger partial charge in [-0.15, -0.1) is 0 Å². The van der Waals surface area contributed by atoms with E-state index >= 15 is 0 Å². The fourth-order valence-corrected chi connectivity index (χ4v) is 4.98. The number of amides is 2. The van der Waals surface area contributed by atoms with Gasteiger partial charge in [-0.2, -0.15) is 0 Å². The molecule has 3 saturated heterocycles. The van der Waals surface area contributed by atoms with Crippen molar-refractivity contribution in [2.24, 2.45) is 17.8 Å². The molecule has 154 valence electrons.